The Morgan fingerprint density at radius 3 is 2.53 bits per heavy atom. The number of rotatable bonds is 8. The van der Waals surface area contributed by atoms with Crippen LogP contribution in [0.5, 0.6) is 0 Å². The summed E-state index contributed by atoms with van der Waals surface area (Å²) in [6.07, 6.45) is 1.29. The van der Waals surface area contributed by atoms with Crippen LogP contribution in [-0.2, 0) is 17.8 Å². The van der Waals surface area contributed by atoms with E-state index in [1.807, 2.05) is 18.2 Å². The Balaban J connectivity index is 1.82. The van der Waals surface area contributed by atoms with E-state index in [9.17, 15) is 19.2 Å². The Hall–Kier alpha value is -3.43. The predicted octanol–water partition coefficient (Wildman–Crippen LogP) is 1.55. The van der Waals surface area contributed by atoms with Gasteiger partial charge in [-0.2, -0.15) is 9.78 Å². The molecule has 0 saturated carbocycles. The lowest BCUT2D eigenvalue weighted by molar-refractivity contribution is -0.118. The molecule has 3 aromatic rings. The number of hydrogen-bond donors (Lipinski definition) is 2. The summed E-state index contributed by atoms with van der Waals surface area (Å²) in [7, 11) is 0. The molecule has 0 bridgehead atoms. The van der Waals surface area contributed by atoms with Gasteiger partial charge in [-0.05, 0) is 36.2 Å². The van der Waals surface area contributed by atoms with Gasteiger partial charge in [0.1, 0.15) is 6.20 Å². The van der Waals surface area contributed by atoms with Gasteiger partial charge in [-0.15, -0.1) is 0 Å². The number of primary amides is 1. The molecule has 1 heterocycles. The third-order valence-corrected chi connectivity index (χ3v) is 5.32. The average Bonchev–Trinajstić information content (AvgIpc) is 2.75. The zero-order valence-corrected chi connectivity index (χ0v) is 18.3. The number of benzene rings is 2. The molecule has 0 aliphatic rings. The average molecular weight is 476 g/mol. The molecule has 0 aliphatic carbocycles. The molecule has 0 aliphatic heterocycles. The van der Waals surface area contributed by atoms with E-state index in [4.69, 9.17) is 28.9 Å². The third kappa shape index (κ3) is 5.43. The quantitative estimate of drug-likeness (QED) is 0.510. The normalized spacial score (nSPS) is 10.7. The fraction of sp³-hybridized carbons (Fsp3) is 0.190. The topological polar surface area (TPSA) is 129 Å². The number of nitrogens with one attached hydrogen (secondary N) is 1. The van der Waals surface area contributed by atoms with E-state index < -0.39 is 23.1 Å². The van der Waals surface area contributed by atoms with E-state index in [-0.39, 0.29) is 29.2 Å². The van der Waals surface area contributed by atoms with Crippen LogP contribution in [0.25, 0.3) is 5.69 Å². The number of aromatic nitrogens is 3. The number of carbonyl (C=O) groups excluding carboxylic acids is 2. The Morgan fingerprint density at radius 2 is 1.81 bits per heavy atom. The molecule has 2 amide bonds. The number of hydrogen-bond acceptors (Lipinski definition) is 5. The Kier molecular flexibility index (Phi) is 7.45. The minimum absolute atomic E-state index is 0.131. The van der Waals surface area contributed by atoms with Crippen LogP contribution in [0.2, 0.25) is 10.0 Å². The summed E-state index contributed by atoms with van der Waals surface area (Å²) in [5, 5.41) is 7.40. The van der Waals surface area contributed by atoms with Crippen LogP contribution in [0.1, 0.15) is 22.3 Å². The van der Waals surface area contributed by atoms with Crippen LogP contribution in [0, 0.1) is 0 Å². The van der Waals surface area contributed by atoms with Gasteiger partial charge >= 0.3 is 5.69 Å². The second-order valence-corrected chi connectivity index (χ2v) is 7.62. The lowest BCUT2D eigenvalue weighted by Gasteiger charge is -2.11. The van der Waals surface area contributed by atoms with E-state index in [1.54, 1.807) is 6.07 Å². The van der Waals surface area contributed by atoms with Crippen LogP contribution in [0.3, 0.4) is 0 Å². The van der Waals surface area contributed by atoms with Gasteiger partial charge in [-0.1, -0.05) is 41.4 Å². The minimum atomic E-state index is -0.772. The molecule has 0 radical (unpaired) electrons. The zero-order valence-electron chi connectivity index (χ0n) is 16.8. The largest absolute Gasteiger partial charge is 0.370 e. The number of carbonyl (C=O) groups is 2. The maximum atomic E-state index is 12.7. The molecular formula is C21H19Cl2N5O4. The highest BCUT2D eigenvalue weighted by Gasteiger charge is 2.15. The highest BCUT2D eigenvalue weighted by atomic mass is 35.5. The molecule has 0 spiro atoms. The van der Waals surface area contributed by atoms with E-state index in [1.165, 1.54) is 18.2 Å². The van der Waals surface area contributed by atoms with Gasteiger partial charge in [-0.25, -0.2) is 4.79 Å². The van der Waals surface area contributed by atoms with Crippen molar-refractivity contribution >= 4 is 35.0 Å². The highest BCUT2D eigenvalue weighted by molar-refractivity contribution is 6.34. The predicted molar refractivity (Wildman–Crippen MR) is 120 cm³/mol. The molecule has 0 unspecified atom stereocenters. The number of nitrogens with zero attached hydrogens (tertiary/aromatic N) is 3. The first-order valence-corrected chi connectivity index (χ1v) is 10.3. The highest BCUT2D eigenvalue weighted by Crippen LogP contribution is 2.19. The number of halogens is 2. The van der Waals surface area contributed by atoms with Gasteiger partial charge in [0.25, 0.3) is 11.5 Å². The van der Waals surface area contributed by atoms with Gasteiger partial charge < -0.3 is 11.1 Å². The molecule has 1 aromatic heterocycles. The summed E-state index contributed by atoms with van der Waals surface area (Å²) in [4.78, 5) is 48.3. The monoisotopic (exact) mass is 475 g/mol. The van der Waals surface area contributed by atoms with Crippen molar-refractivity contribution in [2.24, 2.45) is 5.73 Å². The summed E-state index contributed by atoms with van der Waals surface area (Å²) >= 11 is 12.3. The summed E-state index contributed by atoms with van der Waals surface area (Å²) < 4.78 is 1.79. The van der Waals surface area contributed by atoms with Crippen molar-refractivity contribution < 1.29 is 9.59 Å². The zero-order chi connectivity index (χ0) is 23.3. The lowest BCUT2D eigenvalue weighted by atomic mass is 10.1. The standard InChI is InChI=1S/C21H19Cl2N5O4/c22-16-4-2-1-3-13(16)7-9-25-20(31)15-11-14(5-6-17(15)23)28-21(32)27(10-8-18(24)29)19(30)12-26-28/h1-6,11-12H,7-10H2,(H2,24,29)(H,25,31). The SMILES string of the molecule is NC(=O)CCn1c(=O)cnn(-c2ccc(Cl)c(C(=O)NCCc3ccccc3Cl)c2)c1=O. The lowest BCUT2D eigenvalue weighted by Crippen LogP contribution is -2.41. The van der Waals surface area contributed by atoms with Crippen molar-refractivity contribution in [1.29, 1.82) is 0 Å². The van der Waals surface area contributed by atoms with Crippen LogP contribution in [-0.4, -0.2) is 32.7 Å². The fourth-order valence-corrected chi connectivity index (χ4v) is 3.40. The fourth-order valence-electron chi connectivity index (χ4n) is 2.97. The molecule has 0 fully saturated rings. The molecule has 0 atom stereocenters. The molecule has 9 nitrogen and oxygen atoms in total. The maximum Gasteiger partial charge on any atom is 0.352 e. The molecule has 3 rings (SSSR count). The number of amides is 2. The van der Waals surface area contributed by atoms with Crippen molar-refractivity contribution in [2.75, 3.05) is 6.54 Å². The van der Waals surface area contributed by atoms with Crippen molar-refractivity contribution in [3.8, 4) is 5.69 Å². The summed E-state index contributed by atoms with van der Waals surface area (Å²) in [6, 6.07) is 11.6. The molecule has 11 heteroatoms. The second-order valence-electron chi connectivity index (χ2n) is 6.81. The number of nitrogens with two attached hydrogens (primary N) is 1. The first-order chi connectivity index (χ1) is 15.3. The van der Waals surface area contributed by atoms with Gasteiger partial charge in [-0.3, -0.25) is 19.0 Å². The molecule has 2 aromatic carbocycles. The van der Waals surface area contributed by atoms with Gasteiger partial charge in [0, 0.05) is 24.5 Å². The van der Waals surface area contributed by atoms with Crippen molar-refractivity contribution in [1.82, 2.24) is 19.7 Å². The van der Waals surface area contributed by atoms with Crippen LogP contribution >= 0.6 is 23.2 Å². The Labute approximate surface area is 192 Å². The Morgan fingerprint density at radius 1 is 1.06 bits per heavy atom. The summed E-state index contributed by atoms with van der Waals surface area (Å²) in [5.41, 5.74) is 4.91. The van der Waals surface area contributed by atoms with E-state index in [2.05, 4.69) is 10.4 Å². The maximum absolute atomic E-state index is 12.7. The third-order valence-electron chi connectivity index (χ3n) is 4.62. The van der Waals surface area contributed by atoms with Gasteiger partial charge in [0.15, 0.2) is 0 Å². The first-order valence-electron chi connectivity index (χ1n) is 9.57. The van der Waals surface area contributed by atoms with Crippen molar-refractivity contribution in [3.05, 3.63) is 90.7 Å². The van der Waals surface area contributed by atoms with Crippen LogP contribution < -0.4 is 22.3 Å². The summed E-state index contributed by atoms with van der Waals surface area (Å²) in [6.45, 7) is 0.137. The summed E-state index contributed by atoms with van der Waals surface area (Å²) in [5.74, 6) is -1.10. The molecule has 0 saturated heterocycles. The van der Waals surface area contributed by atoms with Gasteiger partial charge in [0.2, 0.25) is 5.91 Å². The first kappa shape index (κ1) is 23.2. The van der Waals surface area contributed by atoms with Crippen LogP contribution in [0.4, 0.5) is 0 Å². The Bertz CT molecular complexity index is 1290. The van der Waals surface area contributed by atoms with Crippen molar-refractivity contribution in [2.45, 2.75) is 19.4 Å². The molecule has 166 valence electrons. The molecule has 32 heavy (non-hydrogen) atoms. The van der Waals surface area contributed by atoms with Gasteiger partial charge in [0.05, 0.1) is 16.3 Å². The van der Waals surface area contributed by atoms with Crippen LogP contribution in [0.15, 0.2) is 58.3 Å². The second kappa shape index (κ2) is 10.3. The van der Waals surface area contributed by atoms with Crippen molar-refractivity contribution in [3.63, 3.8) is 0 Å². The smallest absolute Gasteiger partial charge is 0.352 e. The minimum Gasteiger partial charge on any atom is -0.370 e. The molecule has 3 N–H and O–H groups in total. The van der Waals surface area contributed by atoms with E-state index in [0.29, 0.717) is 18.0 Å². The van der Waals surface area contributed by atoms with E-state index in [0.717, 1.165) is 21.0 Å². The van der Waals surface area contributed by atoms with E-state index >= 15 is 0 Å². The molecular weight excluding hydrogens is 457 g/mol.